The van der Waals surface area contributed by atoms with E-state index in [9.17, 15) is 4.79 Å². The number of hydrogen-bond donors (Lipinski definition) is 0. The zero-order chi connectivity index (χ0) is 14.7. The van der Waals surface area contributed by atoms with E-state index in [1.54, 1.807) is 4.90 Å². The molecule has 0 radical (unpaired) electrons. The fraction of sp³-hybridized carbons (Fsp3) is 0.929. The minimum absolute atomic E-state index is 0.0526. The molecule has 0 spiro atoms. The van der Waals surface area contributed by atoms with Crippen molar-refractivity contribution in [3.05, 3.63) is 0 Å². The van der Waals surface area contributed by atoms with E-state index in [-0.39, 0.29) is 17.7 Å². The highest BCUT2D eigenvalue weighted by atomic mass is 16.6. The van der Waals surface area contributed by atoms with Gasteiger partial charge in [0.15, 0.2) is 6.23 Å². The van der Waals surface area contributed by atoms with Crippen LogP contribution in [0, 0.1) is 5.41 Å². The molecule has 0 aromatic heterocycles. The number of carbonyl (C=O) groups excluding carboxylic acids is 1. The van der Waals surface area contributed by atoms with Crippen LogP contribution in [-0.4, -0.2) is 49.2 Å². The maximum Gasteiger partial charge on any atom is 0.412 e. The number of nitrogens with zero attached hydrogens (tertiary/aromatic N) is 1. The predicted molar refractivity (Wildman–Crippen MR) is 73.0 cm³/mol. The van der Waals surface area contributed by atoms with Crippen LogP contribution in [0.1, 0.15) is 41.5 Å². The molecule has 1 unspecified atom stereocenters. The van der Waals surface area contributed by atoms with Crippen LogP contribution in [-0.2, 0) is 14.2 Å². The summed E-state index contributed by atoms with van der Waals surface area (Å²) in [4.78, 5) is 13.7. The largest absolute Gasteiger partial charge is 0.444 e. The van der Waals surface area contributed by atoms with Crippen LogP contribution in [0.3, 0.4) is 0 Å². The van der Waals surface area contributed by atoms with Gasteiger partial charge < -0.3 is 14.2 Å². The summed E-state index contributed by atoms with van der Waals surface area (Å²) in [6, 6.07) is 0. The van der Waals surface area contributed by atoms with Crippen molar-refractivity contribution >= 4 is 6.09 Å². The van der Waals surface area contributed by atoms with Gasteiger partial charge >= 0.3 is 6.09 Å². The van der Waals surface area contributed by atoms with Gasteiger partial charge in [-0.3, -0.25) is 4.90 Å². The molecule has 1 rings (SSSR count). The maximum absolute atomic E-state index is 12.1. The van der Waals surface area contributed by atoms with E-state index in [1.165, 1.54) is 0 Å². The smallest absolute Gasteiger partial charge is 0.412 e. The molecule has 1 atom stereocenters. The average Bonchev–Trinajstić information content (AvgIpc) is 2.23. The van der Waals surface area contributed by atoms with Gasteiger partial charge in [-0.05, 0) is 26.2 Å². The molecule has 0 aromatic rings. The molecule has 0 aromatic carbocycles. The van der Waals surface area contributed by atoms with Crippen LogP contribution < -0.4 is 0 Å². The van der Waals surface area contributed by atoms with Crippen molar-refractivity contribution < 1.29 is 19.0 Å². The summed E-state index contributed by atoms with van der Waals surface area (Å²) in [5.74, 6) is 0. The second-order valence-electron chi connectivity index (χ2n) is 7.07. The molecule has 1 aliphatic rings. The van der Waals surface area contributed by atoms with Gasteiger partial charge in [0.1, 0.15) is 5.60 Å². The Morgan fingerprint density at radius 3 is 2.42 bits per heavy atom. The van der Waals surface area contributed by atoms with Gasteiger partial charge in [0, 0.05) is 0 Å². The topological polar surface area (TPSA) is 48.0 Å². The van der Waals surface area contributed by atoms with Crippen LogP contribution in [0.2, 0.25) is 0 Å². The second kappa shape index (κ2) is 6.09. The first-order valence-corrected chi connectivity index (χ1v) is 6.77. The molecular formula is C14H27NO4. The van der Waals surface area contributed by atoms with E-state index < -0.39 is 5.60 Å². The predicted octanol–water partition coefficient (Wildman–Crippen LogP) is 2.64. The minimum Gasteiger partial charge on any atom is -0.444 e. The van der Waals surface area contributed by atoms with E-state index >= 15 is 0 Å². The molecule has 0 N–H and O–H groups in total. The third-order valence-corrected chi connectivity index (χ3v) is 2.42. The Bertz CT molecular complexity index is 304. The first-order chi connectivity index (χ1) is 8.58. The molecule has 1 saturated heterocycles. The van der Waals surface area contributed by atoms with Crippen LogP contribution in [0.5, 0.6) is 0 Å². The van der Waals surface area contributed by atoms with Crippen LogP contribution >= 0.6 is 0 Å². The minimum atomic E-state index is -0.496. The Morgan fingerprint density at radius 1 is 1.26 bits per heavy atom. The number of carbonyl (C=O) groups is 1. The monoisotopic (exact) mass is 273 g/mol. The van der Waals surface area contributed by atoms with Crippen molar-refractivity contribution in [3.63, 3.8) is 0 Å². The highest BCUT2D eigenvalue weighted by Crippen LogP contribution is 2.19. The molecule has 1 fully saturated rings. The number of amides is 1. The third kappa shape index (κ3) is 6.25. The molecule has 112 valence electrons. The summed E-state index contributed by atoms with van der Waals surface area (Å²) in [5.41, 5.74) is -0.443. The molecule has 5 heteroatoms. The molecule has 0 saturated carbocycles. The number of morpholine rings is 1. The Kier molecular flexibility index (Phi) is 5.21. The maximum atomic E-state index is 12.1. The summed E-state index contributed by atoms with van der Waals surface area (Å²) >= 11 is 0. The summed E-state index contributed by atoms with van der Waals surface area (Å²) in [6.45, 7) is 13.8. The SMILES string of the molecule is CC(C)(C)COC1COCCN1C(=O)OC(C)(C)C. The van der Waals surface area contributed by atoms with E-state index in [1.807, 2.05) is 20.8 Å². The molecule has 1 aliphatic heterocycles. The zero-order valence-electron chi connectivity index (χ0n) is 13.0. The number of ether oxygens (including phenoxy) is 3. The fourth-order valence-electron chi connectivity index (χ4n) is 1.59. The zero-order valence-corrected chi connectivity index (χ0v) is 13.0. The Labute approximate surface area is 116 Å². The van der Waals surface area contributed by atoms with E-state index in [0.717, 1.165) is 0 Å². The van der Waals surface area contributed by atoms with Gasteiger partial charge in [-0.2, -0.15) is 0 Å². The summed E-state index contributed by atoms with van der Waals surface area (Å²) < 4.78 is 16.6. The van der Waals surface area contributed by atoms with Crippen molar-refractivity contribution in [1.82, 2.24) is 4.90 Å². The van der Waals surface area contributed by atoms with Gasteiger partial charge in [0.05, 0.1) is 26.4 Å². The quantitative estimate of drug-likeness (QED) is 0.776. The Morgan fingerprint density at radius 2 is 1.89 bits per heavy atom. The first-order valence-electron chi connectivity index (χ1n) is 6.77. The summed E-state index contributed by atoms with van der Waals surface area (Å²) in [7, 11) is 0. The van der Waals surface area contributed by atoms with Gasteiger partial charge in [-0.15, -0.1) is 0 Å². The lowest BCUT2D eigenvalue weighted by molar-refractivity contribution is -0.145. The molecule has 0 aliphatic carbocycles. The number of hydrogen-bond acceptors (Lipinski definition) is 4. The Hall–Kier alpha value is -0.810. The third-order valence-electron chi connectivity index (χ3n) is 2.42. The molecule has 0 bridgehead atoms. The van der Waals surface area contributed by atoms with E-state index in [2.05, 4.69) is 20.8 Å². The van der Waals surface area contributed by atoms with Gasteiger partial charge in [-0.1, -0.05) is 20.8 Å². The standard InChI is InChI=1S/C14H27NO4/c1-13(2,3)10-18-11-9-17-8-7-15(11)12(16)19-14(4,5)6/h11H,7-10H2,1-6H3. The molecule has 1 amide bonds. The molecule has 1 heterocycles. The van der Waals surface area contributed by atoms with Crippen molar-refractivity contribution in [2.45, 2.75) is 53.4 Å². The first kappa shape index (κ1) is 16.2. The van der Waals surface area contributed by atoms with Crippen molar-refractivity contribution in [2.75, 3.05) is 26.4 Å². The highest BCUT2D eigenvalue weighted by Gasteiger charge is 2.32. The average molecular weight is 273 g/mol. The van der Waals surface area contributed by atoms with Crippen molar-refractivity contribution in [1.29, 1.82) is 0 Å². The fourth-order valence-corrected chi connectivity index (χ4v) is 1.59. The Balaban J connectivity index is 2.59. The van der Waals surface area contributed by atoms with Crippen LogP contribution in [0.15, 0.2) is 0 Å². The molecule has 5 nitrogen and oxygen atoms in total. The summed E-state index contributed by atoms with van der Waals surface area (Å²) in [6.07, 6.45) is -0.697. The van der Waals surface area contributed by atoms with Gasteiger partial charge in [-0.25, -0.2) is 4.79 Å². The lowest BCUT2D eigenvalue weighted by Crippen LogP contribution is -2.52. The van der Waals surface area contributed by atoms with Gasteiger partial charge in [0.25, 0.3) is 0 Å². The van der Waals surface area contributed by atoms with Crippen LogP contribution in [0.25, 0.3) is 0 Å². The lowest BCUT2D eigenvalue weighted by Gasteiger charge is -2.37. The van der Waals surface area contributed by atoms with E-state index in [0.29, 0.717) is 26.4 Å². The van der Waals surface area contributed by atoms with Crippen molar-refractivity contribution in [2.24, 2.45) is 5.41 Å². The molecular weight excluding hydrogens is 246 g/mol. The highest BCUT2D eigenvalue weighted by molar-refractivity contribution is 5.68. The number of rotatable bonds is 2. The normalized spacial score (nSPS) is 21.4. The van der Waals surface area contributed by atoms with Gasteiger partial charge in [0.2, 0.25) is 0 Å². The van der Waals surface area contributed by atoms with Crippen LogP contribution in [0.4, 0.5) is 4.79 Å². The van der Waals surface area contributed by atoms with E-state index in [4.69, 9.17) is 14.2 Å². The second-order valence-corrected chi connectivity index (χ2v) is 7.07. The molecule has 19 heavy (non-hydrogen) atoms. The summed E-state index contributed by atoms with van der Waals surface area (Å²) in [5, 5.41) is 0. The van der Waals surface area contributed by atoms with Crippen molar-refractivity contribution in [3.8, 4) is 0 Å². The lowest BCUT2D eigenvalue weighted by atomic mass is 9.99.